The molecule has 1 saturated carbocycles. The molecule has 1 N–H and O–H groups in total. The van der Waals surface area contributed by atoms with Crippen LogP contribution in [0.5, 0.6) is 0 Å². The van der Waals surface area contributed by atoms with Crippen LogP contribution in [0, 0.1) is 17.0 Å². The van der Waals surface area contributed by atoms with E-state index in [1.807, 2.05) is 31.2 Å². The zero-order valence-electron chi connectivity index (χ0n) is 13.2. The van der Waals surface area contributed by atoms with Crippen molar-refractivity contribution in [3.05, 3.63) is 68.2 Å². The van der Waals surface area contributed by atoms with Crippen molar-refractivity contribution in [1.82, 2.24) is 0 Å². The molecular formula is C18H17BrN2O3. The van der Waals surface area contributed by atoms with Gasteiger partial charge < -0.3 is 5.32 Å². The number of amides is 1. The Morgan fingerprint density at radius 2 is 1.88 bits per heavy atom. The van der Waals surface area contributed by atoms with Gasteiger partial charge in [-0.3, -0.25) is 14.9 Å². The number of hydrogen-bond donors (Lipinski definition) is 1. The van der Waals surface area contributed by atoms with Crippen molar-refractivity contribution >= 4 is 33.2 Å². The van der Waals surface area contributed by atoms with Crippen molar-refractivity contribution in [2.75, 3.05) is 5.32 Å². The number of benzene rings is 2. The third-order valence-electron chi connectivity index (χ3n) is 4.72. The van der Waals surface area contributed by atoms with Crippen LogP contribution in [0.15, 0.2) is 46.9 Å². The summed E-state index contributed by atoms with van der Waals surface area (Å²) in [6.45, 7) is 1.83. The van der Waals surface area contributed by atoms with Crippen LogP contribution in [0.25, 0.3) is 0 Å². The van der Waals surface area contributed by atoms with Gasteiger partial charge in [-0.15, -0.1) is 0 Å². The van der Waals surface area contributed by atoms with Crippen molar-refractivity contribution in [3.63, 3.8) is 0 Å². The van der Waals surface area contributed by atoms with E-state index in [2.05, 4.69) is 21.2 Å². The van der Waals surface area contributed by atoms with Crippen LogP contribution in [0.2, 0.25) is 0 Å². The maximum absolute atomic E-state index is 12.9. The second-order valence-corrected chi connectivity index (χ2v) is 7.07. The number of nitro benzene ring substituents is 1. The van der Waals surface area contributed by atoms with Gasteiger partial charge in [0.1, 0.15) is 0 Å². The molecule has 1 aliphatic carbocycles. The normalized spacial score (nSPS) is 15.4. The molecule has 0 atom stereocenters. The Bertz CT molecular complexity index is 798. The van der Waals surface area contributed by atoms with E-state index in [1.165, 1.54) is 12.1 Å². The van der Waals surface area contributed by atoms with Gasteiger partial charge in [-0.2, -0.15) is 0 Å². The molecule has 1 amide bonds. The topological polar surface area (TPSA) is 72.2 Å². The van der Waals surface area contributed by atoms with Crippen LogP contribution < -0.4 is 5.32 Å². The summed E-state index contributed by atoms with van der Waals surface area (Å²) in [6.07, 6.45) is 2.57. The minimum absolute atomic E-state index is 0.0257. The van der Waals surface area contributed by atoms with Gasteiger partial charge in [-0.1, -0.05) is 40.5 Å². The van der Waals surface area contributed by atoms with E-state index in [-0.39, 0.29) is 11.6 Å². The number of rotatable bonds is 4. The molecule has 0 bridgehead atoms. The van der Waals surface area contributed by atoms with E-state index in [9.17, 15) is 14.9 Å². The molecule has 0 radical (unpaired) electrons. The van der Waals surface area contributed by atoms with E-state index >= 15 is 0 Å². The number of nitrogens with zero attached hydrogens (tertiary/aromatic N) is 1. The fourth-order valence-corrected chi connectivity index (χ4v) is 3.31. The smallest absolute Gasteiger partial charge is 0.271 e. The van der Waals surface area contributed by atoms with E-state index in [1.54, 1.807) is 6.07 Å². The van der Waals surface area contributed by atoms with Gasteiger partial charge in [0.2, 0.25) is 5.91 Å². The highest BCUT2D eigenvalue weighted by molar-refractivity contribution is 9.10. The number of carbonyl (C=O) groups excluding carboxylic acids is 1. The first-order valence-electron chi connectivity index (χ1n) is 7.75. The third kappa shape index (κ3) is 2.94. The number of aryl methyl sites for hydroxylation is 1. The number of nitrogens with one attached hydrogen (secondary N) is 1. The molecular weight excluding hydrogens is 372 g/mol. The van der Waals surface area contributed by atoms with Gasteiger partial charge in [0.15, 0.2) is 0 Å². The molecule has 0 unspecified atom stereocenters. The monoisotopic (exact) mass is 388 g/mol. The summed E-state index contributed by atoms with van der Waals surface area (Å²) in [5.41, 5.74) is 1.72. The van der Waals surface area contributed by atoms with Crippen LogP contribution in [0.4, 0.5) is 11.4 Å². The zero-order valence-corrected chi connectivity index (χ0v) is 14.8. The fraction of sp³-hybridized carbons (Fsp3) is 0.278. The average molecular weight is 389 g/mol. The highest BCUT2D eigenvalue weighted by atomic mass is 79.9. The van der Waals surface area contributed by atoms with E-state index in [0.29, 0.717) is 5.69 Å². The van der Waals surface area contributed by atoms with Gasteiger partial charge in [0, 0.05) is 16.6 Å². The molecule has 0 spiro atoms. The van der Waals surface area contributed by atoms with Gasteiger partial charge in [0.25, 0.3) is 5.69 Å². The highest BCUT2D eigenvalue weighted by Crippen LogP contribution is 2.45. The Hall–Kier alpha value is -2.21. The standard InChI is InChI=1S/C18H17BrN2O3/c1-12-3-8-15(21(23)24)11-16(12)20-17(22)18(9-2-10-18)13-4-6-14(19)7-5-13/h3-8,11H,2,9-10H2,1H3,(H,20,22). The van der Waals surface area contributed by atoms with Crippen molar-refractivity contribution in [1.29, 1.82) is 0 Å². The number of halogens is 1. The quantitative estimate of drug-likeness (QED) is 0.607. The largest absolute Gasteiger partial charge is 0.325 e. The molecule has 5 nitrogen and oxygen atoms in total. The molecule has 24 heavy (non-hydrogen) atoms. The second-order valence-electron chi connectivity index (χ2n) is 6.15. The summed E-state index contributed by atoms with van der Waals surface area (Å²) in [4.78, 5) is 23.4. The summed E-state index contributed by atoms with van der Waals surface area (Å²) < 4.78 is 0.968. The van der Waals surface area contributed by atoms with E-state index < -0.39 is 10.3 Å². The Kier molecular flexibility index (Phi) is 4.41. The highest BCUT2D eigenvalue weighted by Gasteiger charge is 2.45. The SMILES string of the molecule is Cc1ccc([N+](=O)[O-])cc1NC(=O)C1(c2ccc(Br)cc2)CCC1. The number of carbonyl (C=O) groups is 1. The Labute approximate surface area is 148 Å². The van der Waals surface area contributed by atoms with Crippen LogP contribution in [0.1, 0.15) is 30.4 Å². The predicted octanol–water partition coefficient (Wildman–Crippen LogP) is 4.73. The molecule has 0 aliphatic heterocycles. The maximum atomic E-state index is 12.9. The first-order valence-corrected chi connectivity index (χ1v) is 8.54. The summed E-state index contributed by atoms with van der Waals surface area (Å²) in [7, 11) is 0. The first-order chi connectivity index (χ1) is 11.4. The lowest BCUT2D eigenvalue weighted by atomic mass is 9.64. The van der Waals surface area contributed by atoms with Crippen molar-refractivity contribution in [2.24, 2.45) is 0 Å². The van der Waals surface area contributed by atoms with Gasteiger partial charge in [-0.25, -0.2) is 0 Å². The predicted molar refractivity (Wildman–Crippen MR) is 96.1 cm³/mol. The third-order valence-corrected chi connectivity index (χ3v) is 5.25. The molecule has 2 aromatic carbocycles. The summed E-state index contributed by atoms with van der Waals surface area (Å²) in [6, 6.07) is 12.3. The summed E-state index contributed by atoms with van der Waals surface area (Å²) in [5.74, 6) is -0.0975. The first kappa shape index (κ1) is 16.6. The zero-order chi connectivity index (χ0) is 17.3. The molecule has 0 saturated heterocycles. The maximum Gasteiger partial charge on any atom is 0.271 e. The fourth-order valence-electron chi connectivity index (χ4n) is 3.05. The van der Waals surface area contributed by atoms with E-state index in [0.717, 1.165) is 34.9 Å². The Balaban J connectivity index is 1.89. The van der Waals surface area contributed by atoms with Crippen LogP contribution in [-0.4, -0.2) is 10.8 Å². The van der Waals surface area contributed by atoms with Gasteiger partial charge in [-0.05, 0) is 43.0 Å². The Morgan fingerprint density at radius 1 is 1.21 bits per heavy atom. The molecule has 0 heterocycles. The minimum Gasteiger partial charge on any atom is -0.325 e. The van der Waals surface area contributed by atoms with Crippen LogP contribution in [-0.2, 0) is 10.2 Å². The van der Waals surface area contributed by atoms with E-state index in [4.69, 9.17) is 0 Å². The number of non-ortho nitro benzene ring substituents is 1. The molecule has 2 aromatic rings. The molecule has 3 rings (SSSR count). The Morgan fingerprint density at radius 3 is 2.42 bits per heavy atom. The molecule has 1 aliphatic rings. The van der Waals surface area contributed by atoms with Gasteiger partial charge >= 0.3 is 0 Å². The van der Waals surface area contributed by atoms with Crippen LogP contribution >= 0.6 is 15.9 Å². The molecule has 6 heteroatoms. The van der Waals surface area contributed by atoms with Crippen molar-refractivity contribution in [3.8, 4) is 0 Å². The molecule has 0 aromatic heterocycles. The lowest BCUT2D eigenvalue weighted by Crippen LogP contribution is -2.46. The number of nitro groups is 1. The molecule has 124 valence electrons. The minimum atomic E-state index is -0.544. The average Bonchev–Trinajstić information content (AvgIpc) is 2.50. The van der Waals surface area contributed by atoms with Gasteiger partial charge in [0.05, 0.1) is 16.0 Å². The van der Waals surface area contributed by atoms with Crippen LogP contribution in [0.3, 0.4) is 0 Å². The summed E-state index contributed by atoms with van der Waals surface area (Å²) >= 11 is 3.41. The molecule has 1 fully saturated rings. The number of anilines is 1. The lowest BCUT2D eigenvalue weighted by molar-refractivity contribution is -0.384. The van der Waals surface area contributed by atoms with Crippen molar-refractivity contribution < 1.29 is 9.72 Å². The lowest BCUT2D eigenvalue weighted by Gasteiger charge is -2.40. The second kappa shape index (κ2) is 6.36. The number of hydrogen-bond acceptors (Lipinski definition) is 3. The summed E-state index contributed by atoms with van der Waals surface area (Å²) in [5, 5.41) is 13.9. The van der Waals surface area contributed by atoms with Crippen molar-refractivity contribution in [2.45, 2.75) is 31.6 Å².